The number of phenols is 1. The molecule has 1 aromatic carbocycles. The van der Waals surface area contributed by atoms with Crippen LogP contribution < -0.4 is 9.62 Å². The van der Waals surface area contributed by atoms with Gasteiger partial charge in [0.05, 0.1) is 21.4 Å². The third kappa shape index (κ3) is 4.71. The molecule has 2 rings (SSSR count). The number of aromatic hydroxyl groups is 1. The van der Waals surface area contributed by atoms with Gasteiger partial charge >= 0.3 is 0 Å². The molecule has 0 amide bonds. The number of hydrogen-bond donors (Lipinski definition) is 2. The first-order valence-corrected chi connectivity index (χ1v) is 10.2. The first-order chi connectivity index (χ1) is 11.1. The molecule has 1 aromatic rings. The summed E-state index contributed by atoms with van der Waals surface area (Å²) in [6.07, 6.45) is 0. The van der Waals surface area contributed by atoms with Gasteiger partial charge in [0.25, 0.3) is 0 Å². The molecule has 0 spiro atoms. The summed E-state index contributed by atoms with van der Waals surface area (Å²) in [5.74, 6) is 0.271. The second kappa shape index (κ2) is 7.72. The van der Waals surface area contributed by atoms with E-state index >= 15 is 0 Å². The lowest BCUT2D eigenvalue weighted by Gasteiger charge is -2.34. The molecule has 0 radical (unpaired) electrons. The number of anilines is 1. The zero-order valence-corrected chi connectivity index (χ0v) is 17.5. The van der Waals surface area contributed by atoms with Crippen LogP contribution in [0.15, 0.2) is 16.6 Å². The number of nitrogens with one attached hydrogen (secondary N) is 1. The van der Waals surface area contributed by atoms with Gasteiger partial charge in [0.2, 0.25) is 0 Å². The molecule has 2 atom stereocenters. The van der Waals surface area contributed by atoms with Crippen LogP contribution in [0.3, 0.4) is 0 Å². The Morgan fingerprint density at radius 2 is 1.83 bits per heavy atom. The third-order valence-electron chi connectivity index (χ3n) is 4.24. The molecule has 1 aliphatic heterocycles. The summed E-state index contributed by atoms with van der Waals surface area (Å²) in [6.45, 7) is 11.5. The maximum Gasteiger partial charge on any atom is 0.139 e. The van der Waals surface area contributed by atoms with Gasteiger partial charge in [-0.3, -0.25) is 0 Å². The Morgan fingerprint density at radius 1 is 1.25 bits per heavy atom. The van der Waals surface area contributed by atoms with Gasteiger partial charge in [-0.15, -0.1) is 0 Å². The number of likely N-dealkylation sites (N-methyl/N-ethyl adjacent to an activating group) is 1. The van der Waals surface area contributed by atoms with Crippen molar-refractivity contribution in [3.05, 3.63) is 22.2 Å². The van der Waals surface area contributed by atoms with Crippen LogP contribution in [0.1, 0.15) is 39.3 Å². The van der Waals surface area contributed by atoms with E-state index in [-0.39, 0.29) is 16.5 Å². The first-order valence-electron chi connectivity index (χ1n) is 8.23. The maximum atomic E-state index is 12.3. The van der Waals surface area contributed by atoms with Gasteiger partial charge in [0.15, 0.2) is 0 Å². The number of halogens is 1. The van der Waals surface area contributed by atoms with Gasteiger partial charge in [-0.1, -0.05) is 15.9 Å². The molecule has 1 aliphatic rings. The van der Waals surface area contributed by atoms with Crippen LogP contribution in [0, 0.1) is 0 Å². The molecule has 136 valence electrons. The van der Waals surface area contributed by atoms with E-state index in [1.165, 1.54) is 0 Å². The second-order valence-electron chi connectivity index (χ2n) is 7.37. The van der Waals surface area contributed by atoms with E-state index in [1.54, 1.807) is 6.07 Å². The van der Waals surface area contributed by atoms with Crippen LogP contribution in [-0.4, -0.2) is 52.2 Å². The Balaban J connectivity index is 2.18. The molecule has 1 fully saturated rings. The monoisotopic (exact) mass is 417 g/mol. The summed E-state index contributed by atoms with van der Waals surface area (Å²) in [6, 6.07) is 3.61. The molecule has 0 saturated carbocycles. The second-order valence-corrected chi connectivity index (χ2v) is 10.2. The highest BCUT2D eigenvalue weighted by Crippen LogP contribution is 2.36. The standard InChI is InChI=1S/C17H28BrN3O2S/c1-12(19-24(23)17(2,3)4)13-10-16(22)15(11-14(13)18)21-8-6-20(5)7-9-21/h10-12,19,22H,6-9H2,1-5H3/t12-,24+/m0/s1. The van der Waals surface area contributed by atoms with Crippen molar-refractivity contribution in [2.24, 2.45) is 0 Å². The quantitative estimate of drug-likeness (QED) is 0.790. The van der Waals surface area contributed by atoms with E-state index in [1.807, 2.05) is 33.8 Å². The van der Waals surface area contributed by atoms with Gasteiger partial charge in [-0.25, -0.2) is 8.93 Å². The van der Waals surface area contributed by atoms with E-state index in [9.17, 15) is 9.32 Å². The Kier molecular flexibility index (Phi) is 6.34. The number of rotatable bonds is 4. The molecule has 0 unspecified atom stereocenters. The van der Waals surface area contributed by atoms with Gasteiger partial charge in [-0.2, -0.15) is 0 Å². The van der Waals surface area contributed by atoms with Crippen molar-refractivity contribution in [2.45, 2.75) is 38.5 Å². The topological polar surface area (TPSA) is 55.8 Å². The minimum Gasteiger partial charge on any atom is -0.506 e. The molecule has 24 heavy (non-hydrogen) atoms. The minimum atomic E-state index is -1.16. The normalized spacial score (nSPS) is 19.3. The minimum absolute atomic E-state index is 0.133. The van der Waals surface area contributed by atoms with Crippen LogP contribution >= 0.6 is 15.9 Å². The molecular weight excluding hydrogens is 390 g/mol. The lowest BCUT2D eigenvalue weighted by molar-refractivity contribution is 0.311. The first kappa shape index (κ1) is 19.7. The summed E-state index contributed by atoms with van der Waals surface area (Å²) in [5, 5.41) is 10.5. The zero-order chi connectivity index (χ0) is 18.1. The van der Waals surface area contributed by atoms with E-state index in [0.717, 1.165) is 41.9 Å². The molecule has 7 heteroatoms. The fraction of sp³-hybridized carbons (Fsp3) is 0.647. The number of phenolic OH excluding ortho intramolecular Hbond substituents is 1. The predicted octanol–water partition coefficient (Wildman–Crippen LogP) is 3.02. The van der Waals surface area contributed by atoms with Crippen molar-refractivity contribution >= 4 is 32.6 Å². The highest BCUT2D eigenvalue weighted by molar-refractivity contribution is 9.10. The highest BCUT2D eigenvalue weighted by Gasteiger charge is 2.24. The summed E-state index contributed by atoms with van der Waals surface area (Å²) in [4.78, 5) is 4.49. The number of piperazine rings is 1. The third-order valence-corrected chi connectivity index (χ3v) is 6.61. The van der Waals surface area contributed by atoms with Crippen molar-refractivity contribution < 1.29 is 9.32 Å². The Morgan fingerprint density at radius 3 is 2.38 bits per heavy atom. The molecule has 5 nitrogen and oxygen atoms in total. The van der Waals surface area contributed by atoms with Crippen molar-refractivity contribution in [3.8, 4) is 5.75 Å². The summed E-state index contributed by atoms with van der Waals surface area (Å²) in [5.41, 5.74) is 1.76. The van der Waals surface area contributed by atoms with Crippen LogP contribution in [0.2, 0.25) is 0 Å². The van der Waals surface area contributed by atoms with Crippen LogP contribution in [0.25, 0.3) is 0 Å². The molecule has 0 aromatic heterocycles. The maximum absolute atomic E-state index is 12.3. The summed E-state index contributed by atoms with van der Waals surface area (Å²) < 4.78 is 16.0. The van der Waals surface area contributed by atoms with Crippen LogP contribution in [0.4, 0.5) is 5.69 Å². The Bertz CT molecular complexity index is 611. The average molecular weight is 418 g/mol. The Labute approximate surface area is 156 Å². The summed E-state index contributed by atoms with van der Waals surface area (Å²) in [7, 11) is 0.945. The number of hydrogen-bond acceptors (Lipinski definition) is 4. The highest BCUT2D eigenvalue weighted by atomic mass is 79.9. The van der Waals surface area contributed by atoms with Gasteiger partial charge in [0, 0.05) is 36.7 Å². The van der Waals surface area contributed by atoms with Gasteiger partial charge < -0.3 is 14.9 Å². The summed E-state index contributed by atoms with van der Waals surface area (Å²) >= 11 is 3.61. The lowest BCUT2D eigenvalue weighted by Crippen LogP contribution is -2.44. The number of nitrogens with zero attached hydrogens (tertiary/aromatic N) is 2. The molecule has 0 bridgehead atoms. The zero-order valence-electron chi connectivity index (χ0n) is 15.1. The van der Waals surface area contributed by atoms with E-state index in [0.29, 0.717) is 0 Å². The van der Waals surface area contributed by atoms with Crippen molar-refractivity contribution in [3.63, 3.8) is 0 Å². The van der Waals surface area contributed by atoms with Crippen molar-refractivity contribution in [1.29, 1.82) is 0 Å². The van der Waals surface area contributed by atoms with Crippen molar-refractivity contribution in [2.75, 3.05) is 38.1 Å². The Hall–Kier alpha value is -0.630. The molecule has 0 aliphatic carbocycles. The smallest absolute Gasteiger partial charge is 0.139 e. The van der Waals surface area contributed by atoms with E-state index < -0.39 is 11.0 Å². The molecule has 1 saturated heterocycles. The molecule has 1 heterocycles. The van der Waals surface area contributed by atoms with E-state index in [2.05, 4.69) is 37.5 Å². The lowest BCUT2D eigenvalue weighted by atomic mass is 10.1. The van der Waals surface area contributed by atoms with Gasteiger partial charge in [-0.05, 0) is 52.4 Å². The SMILES string of the molecule is C[C@H](N[S@](=O)C(C)(C)C)c1cc(O)c(N2CCN(C)CC2)cc1Br. The van der Waals surface area contributed by atoms with Crippen LogP contribution in [-0.2, 0) is 11.0 Å². The fourth-order valence-electron chi connectivity index (χ4n) is 2.60. The largest absolute Gasteiger partial charge is 0.506 e. The predicted molar refractivity (Wildman–Crippen MR) is 105 cm³/mol. The van der Waals surface area contributed by atoms with Crippen LogP contribution in [0.5, 0.6) is 5.75 Å². The van der Waals surface area contributed by atoms with Gasteiger partial charge in [0.1, 0.15) is 5.75 Å². The average Bonchev–Trinajstić information content (AvgIpc) is 2.49. The fourth-order valence-corrected chi connectivity index (χ4v) is 4.08. The van der Waals surface area contributed by atoms with Crippen molar-refractivity contribution in [1.82, 2.24) is 9.62 Å². The van der Waals surface area contributed by atoms with E-state index in [4.69, 9.17) is 0 Å². The molecular formula is C17H28BrN3O2S. The molecule has 2 N–H and O–H groups in total. The number of benzene rings is 1.